The molecule has 0 atom stereocenters. The summed E-state index contributed by atoms with van der Waals surface area (Å²) in [5, 5.41) is 16.4. The predicted octanol–water partition coefficient (Wildman–Crippen LogP) is 6.30. The number of hydrogen-bond donors (Lipinski definition) is 2. The monoisotopic (exact) mass is 468 g/mol. The topological polar surface area (TPSA) is 96.3 Å². The Morgan fingerprint density at radius 3 is 2.63 bits per heavy atom. The zero-order valence-electron chi connectivity index (χ0n) is 18.8. The summed E-state index contributed by atoms with van der Waals surface area (Å²) in [6.45, 7) is 5.71. The number of hydrogen-bond acceptors (Lipinski definition) is 6. The molecule has 0 fully saturated rings. The van der Waals surface area contributed by atoms with Gasteiger partial charge >= 0.3 is 0 Å². The van der Waals surface area contributed by atoms with Crippen LogP contribution in [0.3, 0.4) is 0 Å². The van der Waals surface area contributed by atoms with Crippen LogP contribution >= 0.6 is 0 Å². The average Bonchev–Trinajstić information content (AvgIpc) is 2.87. The molecule has 0 aliphatic rings. The number of ether oxygens (including phenoxy) is 2. The summed E-state index contributed by atoms with van der Waals surface area (Å²) in [6, 6.07) is 18.4. The van der Waals surface area contributed by atoms with Gasteiger partial charge < -0.3 is 20.1 Å². The van der Waals surface area contributed by atoms with E-state index in [1.165, 1.54) is 30.5 Å². The molecule has 7 nitrogen and oxygen atoms in total. The Morgan fingerprint density at radius 2 is 1.91 bits per heavy atom. The van der Waals surface area contributed by atoms with E-state index in [1.54, 1.807) is 30.3 Å². The van der Waals surface area contributed by atoms with Gasteiger partial charge in [-0.3, -0.25) is 9.78 Å². The first kappa shape index (κ1) is 23.3. The van der Waals surface area contributed by atoms with Crippen LogP contribution in [-0.4, -0.2) is 17.5 Å². The lowest BCUT2D eigenvalue weighted by atomic mass is 10.1. The molecule has 0 radical (unpaired) electrons. The molecule has 1 aromatic heterocycles. The number of para-hydroxylation sites is 2. The number of halogens is 1. The summed E-state index contributed by atoms with van der Waals surface area (Å²) in [4.78, 5) is 16.4. The van der Waals surface area contributed by atoms with Crippen molar-refractivity contribution in [2.45, 2.75) is 6.92 Å². The summed E-state index contributed by atoms with van der Waals surface area (Å²) in [5.74, 6) is 0.604. The lowest BCUT2D eigenvalue weighted by Gasteiger charge is -2.17. The van der Waals surface area contributed by atoms with Gasteiger partial charge in [0.1, 0.15) is 23.4 Å². The highest BCUT2D eigenvalue weighted by Gasteiger charge is 2.16. The van der Waals surface area contributed by atoms with Gasteiger partial charge in [0.25, 0.3) is 0 Å². The summed E-state index contributed by atoms with van der Waals surface area (Å²) < 4.78 is 24.9. The van der Waals surface area contributed by atoms with Crippen molar-refractivity contribution in [1.29, 1.82) is 5.26 Å². The van der Waals surface area contributed by atoms with Crippen molar-refractivity contribution in [3.05, 3.63) is 90.9 Å². The second-order valence-corrected chi connectivity index (χ2v) is 7.33. The molecule has 0 bridgehead atoms. The standard InChI is InChI=1S/C27H21FN4O3/c1-3-26(33)31-23-13-20-22(14-25(23)34-4-2)30-16-17(15-29)27(20)32-21-7-5-6-8-24(21)35-19-11-9-18(28)10-12-19/h3,5-14,16H,1,4H2,2H3,(H,30,32)(H,31,33). The second-order valence-electron chi connectivity index (χ2n) is 7.33. The van der Waals surface area contributed by atoms with Crippen LogP contribution in [0, 0.1) is 17.1 Å². The van der Waals surface area contributed by atoms with Gasteiger partial charge in [0, 0.05) is 17.6 Å². The number of anilines is 3. The fourth-order valence-electron chi connectivity index (χ4n) is 3.42. The molecule has 8 heteroatoms. The number of nitriles is 1. The SMILES string of the molecule is C=CC(=O)Nc1cc2c(Nc3ccccc3Oc3ccc(F)cc3)c(C#N)cnc2cc1OCC. The van der Waals surface area contributed by atoms with Crippen LogP contribution in [0.1, 0.15) is 12.5 Å². The van der Waals surface area contributed by atoms with Gasteiger partial charge in [-0.25, -0.2) is 4.39 Å². The van der Waals surface area contributed by atoms with Crippen LogP contribution in [0.5, 0.6) is 17.2 Å². The van der Waals surface area contributed by atoms with Gasteiger partial charge in [-0.15, -0.1) is 0 Å². The molecule has 4 aromatic rings. The van der Waals surface area contributed by atoms with E-state index in [0.29, 0.717) is 57.4 Å². The van der Waals surface area contributed by atoms with Gasteiger partial charge in [0.05, 0.1) is 34.7 Å². The Kier molecular flexibility index (Phi) is 6.88. The Labute approximate surface area is 201 Å². The average molecular weight is 468 g/mol. The molecule has 1 heterocycles. The van der Waals surface area contributed by atoms with Crippen molar-refractivity contribution in [2.75, 3.05) is 17.2 Å². The highest BCUT2D eigenvalue weighted by Crippen LogP contribution is 2.38. The quantitative estimate of drug-likeness (QED) is 0.294. The molecule has 4 rings (SSSR count). The minimum atomic E-state index is -0.401. The first-order chi connectivity index (χ1) is 17.0. The van der Waals surface area contributed by atoms with Crippen LogP contribution < -0.4 is 20.1 Å². The van der Waals surface area contributed by atoms with E-state index in [1.807, 2.05) is 13.0 Å². The number of carbonyl (C=O) groups excluding carboxylic acids is 1. The Hall–Kier alpha value is -4.90. The van der Waals surface area contributed by atoms with E-state index in [9.17, 15) is 14.4 Å². The molecule has 1 amide bonds. The molecule has 174 valence electrons. The Balaban J connectivity index is 1.81. The van der Waals surface area contributed by atoms with E-state index in [2.05, 4.69) is 28.3 Å². The Morgan fingerprint density at radius 1 is 1.14 bits per heavy atom. The van der Waals surface area contributed by atoms with Gasteiger partial charge in [-0.05, 0) is 55.5 Å². The number of rotatable bonds is 8. The molecule has 0 spiro atoms. The van der Waals surface area contributed by atoms with Crippen molar-refractivity contribution in [3.8, 4) is 23.3 Å². The number of nitrogens with zero attached hydrogens (tertiary/aromatic N) is 2. The molecule has 2 N–H and O–H groups in total. The Bertz CT molecular complexity index is 1450. The molecule has 3 aromatic carbocycles. The number of aromatic nitrogens is 1. The molecular formula is C27H21FN4O3. The van der Waals surface area contributed by atoms with E-state index < -0.39 is 5.91 Å². The van der Waals surface area contributed by atoms with Crippen molar-refractivity contribution < 1.29 is 18.7 Å². The zero-order valence-corrected chi connectivity index (χ0v) is 18.8. The fourth-order valence-corrected chi connectivity index (χ4v) is 3.42. The van der Waals surface area contributed by atoms with Crippen LogP contribution in [0.25, 0.3) is 10.9 Å². The summed E-state index contributed by atoms with van der Waals surface area (Å²) in [5.41, 5.74) is 2.32. The smallest absolute Gasteiger partial charge is 0.247 e. The van der Waals surface area contributed by atoms with Crippen LogP contribution in [0.2, 0.25) is 0 Å². The van der Waals surface area contributed by atoms with E-state index >= 15 is 0 Å². The van der Waals surface area contributed by atoms with Gasteiger partial charge in [0.15, 0.2) is 5.75 Å². The van der Waals surface area contributed by atoms with Crippen molar-refractivity contribution >= 4 is 33.9 Å². The highest BCUT2D eigenvalue weighted by atomic mass is 19.1. The summed E-state index contributed by atoms with van der Waals surface area (Å²) in [6.07, 6.45) is 2.62. The van der Waals surface area contributed by atoms with E-state index in [0.717, 1.165) is 6.08 Å². The maximum absolute atomic E-state index is 13.3. The number of fused-ring (bicyclic) bond motifs is 1. The molecular weight excluding hydrogens is 447 g/mol. The number of pyridine rings is 1. The van der Waals surface area contributed by atoms with E-state index in [4.69, 9.17) is 9.47 Å². The second kappa shape index (κ2) is 10.4. The largest absolute Gasteiger partial charge is 0.492 e. The molecule has 0 aliphatic heterocycles. The van der Waals surface area contributed by atoms with Crippen molar-refractivity contribution in [1.82, 2.24) is 4.98 Å². The lowest BCUT2D eigenvalue weighted by molar-refractivity contribution is -0.111. The minimum Gasteiger partial charge on any atom is -0.492 e. The number of nitrogens with one attached hydrogen (secondary N) is 2. The number of benzene rings is 3. The number of carbonyl (C=O) groups is 1. The van der Waals surface area contributed by atoms with Crippen LogP contribution in [-0.2, 0) is 4.79 Å². The van der Waals surface area contributed by atoms with Gasteiger partial charge in [0.2, 0.25) is 5.91 Å². The molecule has 0 saturated heterocycles. The van der Waals surface area contributed by atoms with Crippen molar-refractivity contribution in [3.63, 3.8) is 0 Å². The third-order valence-corrected chi connectivity index (χ3v) is 5.02. The lowest BCUT2D eigenvalue weighted by Crippen LogP contribution is -2.09. The van der Waals surface area contributed by atoms with Crippen LogP contribution in [0.4, 0.5) is 21.5 Å². The molecule has 35 heavy (non-hydrogen) atoms. The van der Waals surface area contributed by atoms with Gasteiger partial charge in [-0.2, -0.15) is 5.26 Å². The summed E-state index contributed by atoms with van der Waals surface area (Å²) in [7, 11) is 0. The van der Waals surface area contributed by atoms with Crippen LogP contribution in [0.15, 0.2) is 79.5 Å². The normalized spacial score (nSPS) is 10.3. The van der Waals surface area contributed by atoms with E-state index in [-0.39, 0.29) is 5.82 Å². The minimum absolute atomic E-state index is 0.291. The fraction of sp³-hybridized carbons (Fsp3) is 0.0741. The van der Waals surface area contributed by atoms with Crippen molar-refractivity contribution in [2.24, 2.45) is 0 Å². The third kappa shape index (κ3) is 5.20. The molecule has 0 unspecified atom stereocenters. The zero-order chi connectivity index (χ0) is 24.8. The summed E-state index contributed by atoms with van der Waals surface area (Å²) >= 11 is 0. The first-order valence-electron chi connectivity index (χ1n) is 10.7. The predicted molar refractivity (Wildman–Crippen MR) is 133 cm³/mol. The number of amides is 1. The first-order valence-corrected chi connectivity index (χ1v) is 10.7. The third-order valence-electron chi connectivity index (χ3n) is 5.02. The molecule has 0 saturated carbocycles. The van der Waals surface area contributed by atoms with Gasteiger partial charge in [-0.1, -0.05) is 18.7 Å². The highest BCUT2D eigenvalue weighted by molar-refractivity contribution is 6.04. The maximum Gasteiger partial charge on any atom is 0.247 e. The maximum atomic E-state index is 13.3. The molecule has 0 aliphatic carbocycles.